The third-order valence-electron chi connectivity index (χ3n) is 6.78. The van der Waals surface area contributed by atoms with Gasteiger partial charge in [-0.3, -0.25) is 14.6 Å². The summed E-state index contributed by atoms with van der Waals surface area (Å²) in [6, 6.07) is 7.85. The monoisotopic (exact) mass is 399 g/mol. The Morgan fingerprint density at radius 3 is 2.55 bits per heavy atom. The Morgan fingerprint density at radius 2 is 1.86 bits per heavy atom. The van der Waals surface area contributed by atoms with Crippen LogP contribution in [0, 0.1) is 0 Å². The van der Waals surface area contributed by atoms with Crippen LogP contribution >= 0.6 is 0 Å². The third kappa shape index (κ3) is 4.61. The Labute approximate surface area is 176 Å². The molecule has 0 aromatic heterocycles. The highest BCUT2D eigenvalue weighted by Gasteiger charge is 2.38. The molecule has 0 radical (unpaired) electrons. The molecule has 3 aliphatic rings. The first-order chi connectivity index (χ1) is 13.8. The number of anilines is 1. The van der Waals surface area contributed by atoms with Crippen LogP contribution in [0.5, 0.6) is 0 Å². The van der Waals surface area contributed by atoms with E-state index in [0.29, 0.717) is 12.5 Å². The Bertz CT molecular complexity index is 734. The van der Waals surface area contributed by atoms with Gasteiger partial charge in [0, 0.05) is 44.5 Å². The van der Waals surface area contributed by atoms with Crippen molar-refractivity contribution >= 4 is 11.7 Å². The molecule has 2 saturated heterocycles. The minimum absolute atomic E-state index is 0.0925. The van der Waals surface area contributed by atoms with Crippen molar-refractivity contribution in [2.45, 2.75) is 64.5 Å². The number of rotatable bonds is 5. The molecule has 0 spiro atoms. The molecule has 0 N–H and O–H groups in total. The molecule has 2 bridgehead atoms. The van der Waals surface area contributed by atoms with Crippen molar-refractivity contribution in [2.24, 2.45) is 0 Å². The molecule has 2 unspecified atom stereocenters. The number of piperidine rings is 1. The first-order valence-corrected chi connectivity index (χ1v) is 11.4. The first-order valence-electron chi connectivity index (χ1n) is 11.4. The summed E-state index contributed by atoms with van der Waals surface area (Å²) in [4.78, 5) is 19.5. The van der Waals surface area contributed by atoms with Gasteiger partial charge in [0.15, 0.2) is 0 Å². The molecule has 4 rings (SSSR count). The van der Waals surface area contributed by atoms with Crippen molar-refractivity contribution < 1.29 is 9.53 Å². The second-order valence-corrected chi connectivity index (χ2v) is 9.84. The number of benzene rings is 1. The van der Waals surface area contributed by atoms with Gasteiger partial charge in [-0.25, -0.2) is 0 Å². The van der Waals surface area contributed by atoms with E-state index in [1.807, 2.05) is 20.8 Å². The fourth-order valence-corrected chi connectivity index (χ4v) is 5.29. The maximum atomic E-state index is 12.0. The Morgan fingerprint density at radius 1 is 1.10 bits per heavy atom. The van der Waals surface area contributed by atoms with Gasteiger partial charge < -0.3 is 9.64 Å². The Hall–Kier alpha value is -1.59. The summed E-state index contributed by atoms with van der Waals surface area (Å²) in [5, 5.41) is 0. The number of esters is 1. The molecule has 2 fully saturated rings. The summed E-state index contributed by atoms with van der Waals surface area (Å²) in [6.07, 6.45) is 3.10. The molecule has 2 heterocycles. The van der Waals surface area contributed by atoms with Crippen LogP contribution in [0.15, 0.2) is 18.2 Å². The van der Waals surface area contributed by atoms with Gasteiger partial charge in [-0.1, -0.05) is 13.0 Å². The van der Waals surface area contributed by atoms with E-state index in [0.717, 1.165) is 45.2 Å². The second-order valence-electron chi connectivity index (χ2n) is 9.84. The predicted octanol–water partition coefficient (Wildman–Crippen LogP) is 3.79. The lowest BCUT2D eigenvalue weighted by Gasteiger charge is -2.36. The van der Waals surface area contributed by atoms with Crippen molar-refractivity contribution in [2.75, 3.05) is 50.7 Å². The summed E-state index contributed by atoms with van der Waals surface area (Å²) in [5.41, 5.74) is 4.17. The van der Waals surface area contributed by atoms with E-state index in [1.54, 1.807) is 11.1 Å². The number of hydrogen-bond donors (Lipinski definition) is 0. The van der Waals surface area contributed by atoms with Gasteiger partial charge in [-0.2, -0.15) is 0 Å². The van der Waals surface area contributed by atoms with E-state index in [1.165, 1.54) is 25.1 Å². The molecular formula is C24H37N3O2. The zero-order valence-electron chi connectivity index (χ0n) is 18.6. The van der Waals surface area contributed by atoms with Gasteiger partial charge in [0.2, 0.25) is 0 Å². The number of nitrogens with zero attached hydrogens (tertiary/aromatic N) is 3. The highest BCUT2D eigenvalue weighted by Crippen LogP contribution is 2.49. The number of ether oxygens (including phenoxy) is 1. The summed E-state index contributed by atoms with van der Waals surface area (Å²) in [5.74, 6) is 0.682. The van der Waals surface area contributed by atoms with Crippen molar-refractivity contribution in [1.82, 2.24) is 9.80 Å². The van der Waals surface area contributed by atoms with Crippen molar-refractivity contribution in [3.63, 3.8) is 0 Å². The second kappa shape index (κ2) is 8.27. The molecule has 160 valence electrons. The van der Waals surface area contributed by atoms with Crippen molar-refractivity contribution in [1.29, 1.82) is 0 Å². The van der Waals surface area contributed by atoms with Crippen LogP contribution in [-0.4, -0.2) is 67.2 Å². The molecule has 0 saturated carbocycles. The van der Waals surface area contributed by atoms with Crippen LogP contribution in [0.2, 0.25) is 0 Å². The normalized spacial score (nSPS) is 25.2. The molecule has 1 aromatic carbocycles. The number of piperazine rings is 1. The minimum Gasteiger partial charge on any atom is -0.460 e. The quantitative estimate of drug-likeness (QED) is 0.704. The zero-order valence-corrected chi connectivity index (χ0v) is 18.6. The van der Waals surface area contributed by atoms with Gasteiger partial charge in [-0.05, 0) is 75.9 Å². The summed E-state index contributed by atoms with van der Waals surface area (Å²) >= 11 is 0. The molecular weight excluding hydrogens is 362 g/mol. The fourth-order valence-electron chi connectivity index (χ4n) is 5.29. The van der Waals surface area contributed by atoms with Gasteiger partial charge in [-0.15, -0.1) is 0 Å². The van der Waals surface area contributed by atoms with E-state index in [9.17, 15) is 4.79 Å². The minimum atomic E-state index is -0.394. The van der Waals surface area contributed by atoms with Gasteiger partial charge in [0.25, 0.3) is 0 Å². The lowest BCUT2D eigenvalue weighted by atomic mass is 9.95. The smallest absolute Gasteiger partial charge is 0.307 e. The molecule has 1 aromatic rings. The van der Waals surface area contributed by atoms with Crippen LogP contribution in [0.1, 0.15) is 70.0 Å². The molecule has 5 heteroatoms. The van der Waals surface area contributed by atoms with E-state index >= 15 is 0 Å². The molecule has 0 amide bonds. The summed E-state index contributed by atoms with van der Waals surface area (Å²) in [7, 11) is 0. The topological polar surface area (TPSA) is 36.0 Å². The predicted molar refractivity (Wildman–Crippen MR) is 118 cm³/mol. The Balaban J connectivity index is 1.33. The number of fused-ring (bicyclic) bond motifs is 5. The largest absolute Gasteiger partial charge is 0.460 e. The van der Waals surface area contributed by atoms with Crippen LogP contribution < -0.4 is 4.90 Å². The lowest BCUT2D eigenvalue weighted by molar-refractivity contribution is -0.155. The standard InChI is InChI=1S/C24H37N3O2/c1-5-26-11-8-18-16-22(26)21-17-19(6-7-20(18)21)27-14-12-25(13-15-27)10-9-23(28)29-24(2,3)4/h6-7,17-18,22H,5,8-16H2,1-4H3. The summed E-state index contributed by atoms with van der Waals surface area (Å²) < 4.78 is 5.43. The SMILES string of the molecule is CCN1CCC2CC1c1cc(N3CCN(CCC(=O)OC(C)(C)C)CC3)ccc12. The number of hydrogen-bond acceptors (Lipinski definition) is 5. The van der Waals surface area contributed by atoms with Crippen LogP contribution in [-0.2, 0) is 9.53 Å². The number of likely N-dealkylation sites (tertiary alicyclic amines) is 1. The van der Waals surface area contributed by atoms with Gasteiger partial charge in [0.1, 0.15) is 5.60 Å². The van der Waals surface area contributed by atoms with E-state index in [2.05, 4.69) is 39.8 Å². The summed E-state index contributed by atoms with van der Waals surface area (Å²) in [6.45, 7) is 15.3. The van der Waals surface area contributed by atoms with Crippen LogP contribution in [0.3, 0.4) is 0 Å². The van der Waals surface area contributed by atoms with E-state index in [-0.39, 0.29) is 5.97 Å². The van der Waals surface area contributed by atoms with Gasteiger partial charge in [0.05, 0.1) is 6.42 Å². The average Bonchev–Trinajstić information content (AvgIpc) is 2.98. The van der Waals surface area contributed by atoms with E-state index < -0.39 is 5.60 Å². The van der Waals surface area contributed by atoms with Crippen molar-refractivity contribution in [3.8, 4) is 0 Å². The lowest BCUT2D eigenvalue weighted by Crippen LogP contribution is -2.47. The Kier molecular flexibility index (Phi) is 5.90. The van der Waals surface area contributed by atoms with Crippen LogP contribution in [0.25, 0.3) is 0 Å². The van der Waals surface area contributed by atoms with E-state index in [4.69, 9.17) is 4.74 Å². The maximum Gasteiger partial charge on any atom is 0.307 e. The molecule has 2 aliphatic heterocycles. The highest BCUT2D eigenvalue weighted by molar-refractivity contribution is 5.70. The molecule has 2 atom stereocenters. The number of carbonyl (C=O) groups excluding carboxylic acids is 1. The van der Waals surface area contributed by atoms with Crippen molar-refractivity contribution in [3.05, 3.63) is 29.3 Å². The van der Waals surface area contributed by atoms with Gasteiger partial charge >= 0.3 is 5.97 Å². The van der Waals surface area contributed by atoms with Crippen LogP contribution in [0.4, 0.5) is 5.69 Å². The highest BCUT2D eigenvalue weighted by atomic mass is 16.6. The average molecular weight is 400 g/mol. The maximum absolute atomic E-state index is 12.0. The molecule has 5 nitrogen and oxygen atoms in total. The fraction of sp³-hybridized carbons (Fsp3) is 0.708. The zero-order chi connectivity index (χ0) is 20.6. The third-order valence-corrected chi connectivity index (χ3v) is 6.78. The molecule has 29 heavy (non-hydrogen) atoms. The molecule has 1 aliphatic carbocycles. The number of carbonyl (C=O) groups is 1. The first kappa shape index (κ1) is 20.7.